The van der Waals surface area contributed by atoms with Crippen LogP contribution in [0.4, 0.5) is 0 Å². The Morgan fingerprint density at radius 3 is 2.57 bits per heavy atom. The fourth-order valence-electron chi connectivity index (χ4n) is 1.69. The molecule has 0 aromatic carbocycles. The fraction of sp³-hybridized carbons (Fsp3) is 0.800. The zero-order chi connectivity index (χ0) is 10.4. The summed E-state index contributed by atoms with van der Waals surface area (Å²) in [4.78, 5) is 21.5. The quantitative estimate of drug-likeness (QED) is 0.683. The second kappa shape index (κ2) is 5.62. The molecule has 4 heteroatoms. The number of amides is 1. The molecule has 1 rings (SSSR count). The minimum atomic E-state index is -0.416. The molecule has 0 aromatic rings. The Balaban J connectivity index is 2.05. The standard InChI is InChI=1S/C10H17NO3/c1-8(12)14-7-10(13)11-6-9-4-2-3-5-9/h9H,2-7H2,1H3,(H,11,13). The van der Waals surface area contributed by atoms with Crippen LogP contribution in [-0.2, 0) is 14.3 Å². The molecule has 0 heterocycles. The number of carbonyl (C=O) groups excluding carboxylic acids is 2. The summed E-state index contributed by atoms with van der Waals surface area (Å²) in [5.41, 5.74) is 0. The van der Waals surface area contributed by atoms with Crippen LogP contribution in [0.2, 0.25) is 0 Å². The second-order valence-corrected chi connectivity index (χ2v) is 3.73. The molecular formula is C10H17NO3. The van der Waals surface area contributed by atoms with Crippen molar-refractivity contribution in [1.29, 1.82) is 0 Å². The third-order valence-electron chi connectivity index (χ3n) is 2.47. The number of hydrogen-bond donors (Lipinski definition) is 1. The highest BCUT2D eigenvalue weighted by Crippen LogP contribution is 2.23. The Morgan fingerprint density at radius 1 is 1.36 bits per heavy atom. The van der Waals surface area contributed by atoms with Crippen LogP contribution in [0.25, 0.3) is 0 Å². The Morgan fingerprint density at radius 2 is 2.00 bits per heavy atom. The van der Waals surface area contributed by atoms with Gasteiger partial charge in [0.1, 0.15) is 0 Å². The van der Waals surface area contributed by atoms with Crippen LogP contribution in [0.15, 0.2) is 0 Å². The molecule has 0 aromatic heterocycles. The van der Waals surface area contributed by atoms with E-state index in [9.17, 15) is 9.59 Å². The monoisotopic (exact) mass is 199 g/mol. The first kappa shape index (κ1) is 11.0. The largest absolute Gasteiger partial charge is 0.456 e. The third kappa shape index (κ3) is 4.25. The zero-order valence-electron chi connectivity index (χ0n) is 8.54. The SMILES string of the molecule is CC(=O)OCC(=O)NCC1CCCC1. The summed E-state index contributed by atoms with van der Waals surface area (Å²) in [7, 11) is 0. The van der Waals surface area contributed by atoms with Crippen molar-refractivity contribution in [3.63, 3.8) is 0 Å². The van der Waals surface area contributed by atoms with Gasteiger partial charge in [-0.3, -0.25) is 9.59 Å². The zero-order valence-corrected chi connectivity index (χ0v) is 8.54. The topological polar surface area (TPSA) is 55.4 Å². The van der Waals surface area contributed by atoms with Gasteiger partial charge in [-0.15, -0.1) is 0 Å². The molecular weight excluding hydrogens is 182 g/mol. The highest BCUT2D eigenvalue weighted by Gasteiger charge is 2.15. The lowest BCUT2D eigenvalue weighted by Crippen LogP contribution is -2.32. The van der Waals surface area contributed by atoms with Crippen LogP contribution < -0.4 is 5.32 Å². The van der Waals surface area contributed by atoms with Crippen molar-refractivity contribution in [2.75, 3.05) is 13.2 Å². The molecule has 0 radical (unpaired) electrons. The first-order valence-electron chi connectivity index (χ1n) is 5.08. The number of hydrogen-bond acceptors (Lipinski definition) is 3. The Labute approximate surface area is 84.0 Å². The molecule has 1 amide bonds. The minimum Gasteiger partial charge on any atom is -0.456 e. The van der Waals surface area contributed by atoms with Gasteiger partial charge in [-0.2, -0.15) is 0 Å². The maximum Gasteiger partial charge on any atom is 0.303 e. The summed E-state index contributed by atoms with van der Waals surface area (Å²) in [6.07, 6.45) is 4.94. The van der Waals surface area contributed by atoms with Crippen molar-refractivity contribution < 1.29 is 14.3 Å². The smallest absolute Gasteiger partial charge is 0.303 e. The maximum absolute atomic E-state index is 11.1. The number of nitrogens with one attached hydrogen (secondary N) is 1. The molecule has 1 aliphatic carbocycles. The van der Waals surface area contributed by atoms with Gasteiger partial charge in [0.05, 0.1) is 0 Å². The van der Waals surface area contributed by atoms with Gasteiger partial charge in [0, 0.05) is 13.5 Å². The average molecular weight is 199 g/mol. The van der Waals surface area contributed by atoms with Crippen LogP contribution in [0.3, 0.4) is 0 Å². The number of ether oxygens (including phenoxy) is 1. The lowest BCUT2D eigenvalue weighted by Gasteiger charge is -2.10. The molecule has 1 aliphatic rings. The lowest BCUT2D eigenvalue weighted by molar-refractivity contribution is -0.146. The van der Waals surface area contributed by atoms with Gasteiger partial charge >= 0.3 is 5.97 Å². The van der Waals surface area contributed by atoms with Crippen molar-refractivity contribution >= 4 is 11.9 Å². The Kier molecular flexibility index (Phi) is 4.43. The van der Waals surface area contributed by atoms with E-state index in [2.05, 4.69) is 10.1 Å². The molecule has 0 spiro atoms. The van der Waals surface area contributed by atoms with Gasteiger partial charge < -0.3 is 10.1 Å². The van der Waals surface area contributed by atoms with E-state index in [0.717, 1.165) is 6.54 Å². The summed E-state index contributed by atoms with van der Waals surface area (Å²) in [6.45, 7) is 1.87. The van der Waals surface area contributed by atoms with Crippen LogP contribution in [-0.4, -0.2) is 25.0 Å². The van der Waals surface area contributed by atoms with Gasteiger partial charge in [-0.1, -0.05) is 12.8 Å². The first-order valence-corrected chi connectivity index (χ1v) is 5.08. The lowest BCUT2D eigenvalue weighted by atomic mass is 10.1. The summed E-state index contributed by atoms with van der Waals surface area (Å²) >= 11 is 0. The Hall–Kier alpha value is -1.06. The molecule has 1 fully saturated rings. The summed E-state index contributed by atoms with van der Waals surface area (Å²) < 4.78 is 4.57. The van der Waals surface area contributed by atoms with Gasteiger partial charge in [0.25, 0.3) is 5.91 Å². The summed E-state index contributed by atoms with van der Waals surface area (Å²) in [5.74, 6) is 0.00407. The van der Waals surface area contributed by atoms with E-state index in [-0.39, 0.29) is 12.5 Å². The van der Waals surface area contributed by atoms with Crippen molar-refractivity contribution in [2.24, 2.45) is 5.92 Å². The van der Waals surface area contributed by atoms with E-state index >= 15 is 0 Å². The van der Waals surface area contributed by atoms with Crippen LogP contribution in [0.1, 0.15) is 32.6 Å². The van der Waals surface area contributed by atoms with E-state index in [4.69, 9.17) is 0 Å². The Bertz CT molecular complexity index is 209. The van der Waals surface area contributed by atoms with Gasteiger partial charge in [-0.05, 0) is 18.8 Å². The average Bonchev–Trinajstić information content (AvgIpc) is 2.63. The normalized spacial score (nSPS) is 16.6. The van der Waals surface area contributed by atoms with Crippen molar-refractivity contribution in [3.05, 3.63) is 0 Å². The van der Waals surface area contributed by atoms with Gasteiger partial charge in [0.2, 0.25) is 0 Å². The molecule has 0 aliphatic heterocycles. The molecule has 80 valence electrons. The highest BCUT2D eigenvalue weighted by molar-refractivity contribution is 5.79. The molecule has 0 saturated heterocycles. The predicted octanol–water partition coefficient (Wildman–Crippen LogP) is 0.856. The molecule has 1 saturated carbocycles. The number of carbonyl (C=O) groups is 2. The van der Waals surface area contributed by atoms with E-state index in [1.165, 1.54) is 32.6 Å². The first-order chi connectivity index (χ1) is 6.68. The maximum atomic E-state index is 11.1. The predicted molar refractivity (Wildman–Crippen MR) is 51.6 cm³/mol. The van der Waals surface area contributed by atoms with Crippen LogP contribution in [0, 0.1) is 5.92 Å². The van der Waals surface area contributed by atoms with Crippen LogP contribution >= 0.6 is 0 Å². The van der Waals surface area contributed by atoms with Crippen LogP contribution in [0.5, 0.6) is 0 Å². The number of esters is 1. The molecule has 1 N–H and O–H groups in total. The molecule has 4 nitrogen and oxygen atoms in total. The van der Waals surface area contributed by atoms with E-state index in [1.54, 1.807) is 0 Å². The minimum absolute atomic E-state index is 0.151. The summed E-state index contributed by atoms with van der Waals surface area (Å²) in [6, 6.07) is 0. The molecule has 0 unspecified atom stereocenters. The van der Waals surface area contributed by atoms with E-state index in [1.807, 2.05) is 0 Å². The number of rotatable bonds is 4. The van der Waals surface area contributed by atoms with Crippen molar-refractivity contribution in [2.45, 2.75) is 32.6 Å². The molecule has 0 atom stereocenters. The molecule has 14 heavy (non-hydrogen) atoms. The van der Waals surface area contributed by atoms with E-state index < -0.39 is 5.97 Å². The molecule has 0 bridgehead atoms. The van der Waals surface area contributed by atoms with E-state index in [0.29, 0.717) is 5.92 Å². The van der Waals surface area contributed by atoms with Crippen molar-refractivity contribution in [1.82, 2.24) is 5.32 Å². The highest BCUT2D eigenvalue weighted by atomic mass is 16.5. The van der Waals surface area contributed by atoms with Gasteiger partial charge in [-0.25, -0.2) is 0 Å². The summed E-state index contributed by atoms with van der Waals surface area (Å²) in [5, 5.41) is 2.76. The third-order valence-corrected chi connectivity index (χ3v) is 2.47. The second-order valence-electron chi connectivity index (χ2n) is 3.73. The fourth-order valence-corrected chi connectivity index (χ4v) is 1.69. The van der Waals surface area contributed by atoms with Crippen molar-refractivity contribution in [3.8, 4) is 0 Å². The van der Waals surface area contributed by atoms with Gasteiger partial charge in [0.15, 0.2) is 6.61 Å².